The van der Waals surface area contributed by atoms with E-state index in [2.05, 4.69) is 54.6 Å². The Morgan fingerprint density at radius 2 is 1.16 bits per heavy atom. The van der Waals surface area contributed by atoms with Crippen molar-refractivity contribution in [1.82, 2.24) is 0 Å². The Kier molecular flexibility index (Phi) is 4.87. The molecule has 2 nitrogen and oxygen atoms in total. The Bertz CT molecular complexity index is 663. The van der Waals surface area contributed by atoms with Gasteiger partial charge in [-0.2, -0.15) is 0 Å². The first kappa shape index (κ1) is 15.0. The van der Waals surface area contributed by atoms with E-state index < -0.39 is 0 Å². The van der Waals surface area contributed by atoms with Crippen LogP contribution in [0.3, 0.4) is 0 Å². The number of rotatable bonds is 1. The molecule has 0 aliphatic rings. The quantitative estimate of drug-likeness (QED) is 0.621. The maximum absolute atomic E-state index is 5.70. The van der Waals surface area contributed by atoms with Gasteiger partial charge in [0.05, 0.1) is 0 Å². The Morgan fingerprint density at radius 1 is 0.579 bits per heavy atom. The molecular weight excluding hydrogens is 235 g/mol. The average molecular weight is 248 g/mol. The minimum absolute atomic E-state index is 0. The van der Waals surface area contributed by atoms with Crippen LogP contribution in [-0.4, -0.2) is 18.8 Å². The third kappa shape index (κ3) is 3.02. The molecule has 0 spiro atoms. The fourth-order valence-electron chi connectivity index (χ4n) is 2.04. The van der Waals surface area contributed by atoms with Crippen LogP contribution in [0, 0.1) is 0 Å². The predicted molar refractivity (Wildman–Crippen MR) is 78.6 cm³/mol. The van der Waals surface area contributed by atoms with Crippen LogP contribution in [0.1, 0.15) is 0 Å². The third-order valence-electron chi connectivity index (χ3n) is 2.99. The van der Waals surface area contributed by atoms with E-state index in [0.29, 0.717) is 0 Å². The van der Waals surface area contributed by atoms with Gasteiger partial charge in [0.1, 0.15) is 0 Å². The van der Waals surface area contributed by atoms with E-state index in [1.807, 2.05) is 12.1 Å². The zero-order chi connectivity index (χ0) is 11.7. The van der Waals surface area contributed by atoms with Crippen LogP contribution >= 0.6 is 0 Å². The molecule has 2 N–H and O–H groups in total. The summed E-state index contributed by atoms with van der Waals surface area (Å²) in [6.45, 7) is 0. The molecule has 92 valence electrons. The molecule has 3 aromatic rings. The van der Waals surface area contributed by atoms with Gasteiger partial charge in [0.15, 0.2) is 0 Å². The smallest absolute Gasteiger partial charge is 0.870 e. The zero-order valence-corrected chi connectivity index (χ0v) is 10.3. The number of hydrogen-bond donors (Lipinski definition) is 0. The second-order valence-corrected chi connectivity index (χ2v) is 4.18. The number of fused-ring (bicyclic) bond motifs is 1. The molecule has 0 saturated carbocycles. The van der Waals surface area contributed by atoms with Crippen LogP contribution in [0.4, 0.5) is 0 Å². The summed E-state index contributed by atoms with van der Waals surface area (Å²) in [4.78, 5) is 0. The molecule has 0 atom stereocenters. The molecule has 19 heavy (non-hydrogen) atoms. The van der Waals surface area contributed by atoms with Crippen molar-refractivity contribution >= 4 is 24.1 Å². The van der Waals surface area contributed by atoms with Gasteiger partial charge in [-0.05, 0) is 0 Å². The molecule has 0 aromatic heterocycles. The van der Waals surface area contributed by atoms with Gasteiger partial charge in [-0.3, -0.25) is 0 Å². The maximum atomic E-state index is 5.70. The monoisotopic (exact) mass is 248 g/mol. The summed E-state index contributed by atoms with van der Waals surface area (Å²) >= 11 is 0. The summed E-state index contributed by atoms with van der Waals surface area (Å²) in [7, 11) is 5.70. The van der Waals surface area contributed by atoms with Crippen molar-refractivity contribution in [3.63, 3.8) is 0 Å². The normalized spacial score (nSPS) is 9.58. The largest absolute Gasteiger partial charge is 0.870 e. The Hall–Kier alpha value is -2.10. The van der Waals surface area contributed by atoms with E-state index in [-0.39, 0.29) is 11.0 Å². The van der Waals surface area contributed by atoms with Gasteiger partial charge in [0, 0.05) is 0 Å². The van der Waals surface area contributed by atoms with Gasteiger partial charge in [-0.15, -0.1) is 0 Å². The third-order valence-corrected chi connectivity index (χ3v) is 2.99. The van der Waals surface area contributed by atoms with Crippen LogP contribution < -0.4 is 5.46 Å². The van der Waals surface area contributed by atoms with E-state index in [4.69, 9.17) is 7.85 Å². The number of benzene rings is 3. The van der Waals surface area contributed by atoms with Crippen molar-refractivity contribution in [2.24, 2.45) is 0 Å². The second-order valence-electron chi connectivity index (χ2n) is 4.18. The van der Waals surface area contributed by atoms with Crippen LogP contribution in [0.15, 0.2) is 66.7 Å². The SMILES string of the molecule is [B+2]c1ccc(-c2ccc3ccccc3c2)cc1.[OH-].[OH-]. The predicted octanol–water partition coefficient (Wildman–Crippen LogP) is 2.95. The standard InChI is InChI=1S/C16H11B.2H2O/c17-16-9-7-13(8-10-16)15-6-5-12-3-1-2-4-14(12)11-15;;/h1-11H;2*1H2/q+2;;/p-2. The fourth-order valence-corrected chi connectivity index (χ4v) is 2.04. The van der Waals surface area contributed by atoms with Gasteiger partial charge in [-0.25, -0.2) is 0 Å². The van der Waals surface area contributed by atoms with Crippen molar-refractivity contribution in [3.05, 3.63) is 66.7 Å². The van der Waals surface area contributed by atoms with Crippen molar-refractivity contribution < 1.29 is 11.0 Å². The van der Waals surface area contributed by atoms with Crippen LogP contribution in [0.25, 0.3) is 21.9 Å². The van der Waals surface area contributed by atoms with Gasteiger partial charge in [0.25, 0.3) is 0 Å². The van der Waals surface area contributed by atoms with Gasteiger partial charge < -0.3 is 11.0 Å². The van der Waals surface area contributed by atoms with Crippen LogP contribution in [0.5, 0.6) is 0 Å². The molecule has 0 amide bonds. The van der Waals surface area contributed by atoms with Crippen molar-refractivity contribution in [3.8, 4) is 11.1 Å². The summed E-state index contributed by atoms with van der Waals surface area (Å²) in [6.07, 6.45) is 0. The Balaban J connectivity index is 0.000000902. The zero-order valence-electron chi connectivity index (χ0n) is 10.3. The summed E-state index contributed by atoms with van der Waals surface area (Å²) in [5, 5.41) is 2.54. The fraction of sp³-hybridized carbons (Fsp3) is 0. The first-order valence-corrected chi connectivity index (χ1v) is 5.68. The minimum Gasteiger partial charge on any atom is -0.870 e. The van der Waals surface area contributed by atoms with E-state index in [1.54, 1.807) is 0 Å². The molecule has 3 heteroatoms. The molecule has 0 bridgehead atoms. The van der Waals surface area contributed by atoms with Crippen molar-refractivity contribution in [2.75, 3.05) is 0 Å². The molecular formula is C16H13BO2. The van der Waals surface area contributed by atoms with Gasteiger partial charge >= 0.3 is 102 Å². The Morgan fingerprint density at radius 3 is 1.84 bits per heavy atom. The van der Waals surface area contributed by atoms with Crippen molar-refractivity contribution in [1.29, 1.82) is 0 Å². The first-order chi connectivity index (χ1) is 8.33. The summed E-state index contributed by atoms with van der Waals surface area (Å²) in [5.41, 5.74) is 3.23. The van der Waals surface area contributed by atoms with E-state index >= 15 is 0 Å². The van der Waals surface area contributed by atoms with Crippen molar-refractivity contribution in [2.45, 2.75) is 0 Å². The molecule has 0 unspecified atom stereocenters. The first-order valence-electron chi connectivity index (χ1n) is 5.68. The van der Waals surface area contributed by atoms with E-state index in [0.717, 1.165) is 5.46 Å². The topological polar surface area (TPSA) is 60.0 Å². The molecule has 0 fully saturated rings. The molecule has 0 radical (unpaired) electrons. The molecule has 0 heterocycles. The summed E-state index contributed by atoms with van der Waals surface area (Å²) in [5.74, 6) is 0. The molecule has 0 aliphatic heterocycles. The number of hydrogen-bond acceptors (Lipinski definition) is 2. The maximum Gasteiger partial charge on any atom is -0.870 e. The van der Waals surface area contributed by atoms with E-state index in [1.165, 1.54) is 21.9 Å². The van der Waals surface area contributed by atoms with Gasteiger partial charge in [-0.1, -0.05) is 0 Å². The minimum atomic E-state index is 0. The van der Waals surface area contributed by atoms with E-state index in [9.17, 15) is 0 Å². The summed E-state index contributed by atoms with van der Waals surface area (Å²) < 4.78 is 0. The molecule has 0 aliphatic carbocycles. The second kappa shape index (κ2) is 6.18. The van der Waals surface area contributed by atoms with Gasteiger partial charge in [0.2, 0.25) is 0 Å². The Labute approximate surface area is 113 Å². The molecule has 3 rings (SSSR count). The van der Waals surface area contributed by atoms with Crippen LogP contribution in [-0.2, 0) is 0 Å². The summed E-state index contributed by atoms with van der Waals surface area (Å²) in [6, 6.07) is 22.9. The average Bonchev–Trinajstić information content (AvgIpc) is 2.39. The molecule has 0 saturated heterocycles. The molecule has 3 aromatic carbocycles. The van der Waals surface area contributed by atoms with Crippen LogP contribution in [0.2, 0.25) is 0 Å².